The van der Waals surface area contributed by atoms with Gasteiger partial charge < -0.3 is 4.74 Å². The SMILES string of the molecule is CC.CC.CC(=O)OC(C)C1CC2CCC1C2. The Kier molecular flexibility index (Phi) is 8.28. The topological polar surface area (TPSA) is 26.3 Å². The molecule has 17 heavy (non-hydrogen) atoms. The highest BCUT2D eigenvalue weighted by Crippen LogP contribution is 2.49. The van der Waals surface area contributed by atoms with Gasteiger partial charge >= 0.3 is 5.97 Å². The number of ether oxygens (including phenoxy) is 1. The molecule has 102 valence electrons. The minimum absolute atomic E-state index is 0.129. The maximum Gasteiger partial charge on any atom is 0.302 e. The van der Waals surface area contributed by atoms with Gasteiger partial charge in [-0.25, -0.2) is 0 Å². The van der Waals surface area contributed by atoms with Gasteiger partial charge in [0, 0.05) is 6.92 Å². The molecule has 2 aliphatic rings. The summed E-state index contributed by atoms with van der Waals surface area (Å²) in [7, 11) is 0. The number of carbonyl (C=O) groups excluding carboxylic acids is 1. The van der Waals surface area contributed by atoms with Crippen molar-refractivity contribution in [1.29, 1.82) is 0 Å². The predicted octanol–water partition coefficient (Wildman–Crippen LogP) is 4.43. The summed E-state index contributed by atoms with van der Waals surface area (Å²) in [6, 6.07) is 0. The highest BCUT2D eigenvalue weighted by Gasteiger charge is 2.42. The van der Waals surface area contributed by atoms with Gasteiger partial charge in [-0.3, -0.25) is 4.79 Å². The van der Waals surface area contributed by atoms with E-state index in [1.165, 1.54) is 32.6 Å². The molecule has 0 saturated heterocycles. The first-order valence-corrected chi connectivity index (χ1v) is 7.34. The molecule has 4 atom stereocenters. The number of fused-ring (bicyclic) bond motifs is 2. The molecule has 0 N–H and O–H groups in total. The van der Waals surface area contributed by atoms with E-state index >= 15 is 0 Å². The van der Waals surface area contributed by atoms with Crippen molar-refractivity contribution in [1.82, 2.24) is 0 Å². The number of hydrogen-bond donors (Lipinski definition) is 0. The van der Waals surface area contributed by atoms with Crippen LogP contribution in [-0.4, -0.2) is 12.1 Å². The van der Waals surface area contributed by atoms with Crippen LogP contribution < -0.4 is 0 Å². The van der Waals surface area contributed by atoms with Gasteiger partial charge in [0.1, 0.15) is 6.10 Å². The summed E-state index contributed by atoms with van der Waals surface area (Å²) in [6.07, 6.45) is 5.59. The molecule has 0 amide bonds. The summed E-state index contributed by atoms with van der Waals surface area (Å²) in [5.74, 6) is 2.31. The molecule has 2 nitrogen and oxygen atoms in total. The maximum atomic E-state index is 10.8. The van der Waals surface area contributed by atoms with Crippen molar-refractivity contribution in [2.24, 2.45) is 17.8 Å². The van der Waals surface area contributed by atoms with Crippen molar-refractivity contribution in [3.63, 3.8) is 0 Å². The molecule has 0 aromatic rings. The van der Waals surface area contributed by atoms with E-state index in [0.717, 1.165) is 11.8 Å². The molecule has 0 aromatic heterocycles. The molecule has 4 unspecified atom stereocenters. The smallest absolute Gasteiger partial charge is 0.302 e. The summed E-state index contributed by atoms with van der Waals surface area (Å²) in [4.78, 5) is 10.8. The van der Waals surface area contributed by atoms with E-state index in [4.69, 9.17) is 4.74 Å². The number of rotatable bonds is 2. The van der Waals surface area contributed by atoms with Crippen LogP contribution in [-0.2, 0) is 9.53 Å². The van der Waals surface area contributed by atoms with Crippen molar-refractivity contribution >= 4 is 5.97 Å². The largest absolute Gasteiger partial charge is 0.463 e. The van der Waals surface area contributed by atoms with E-state index < -0.39 is 0 Å². The number of esters is 1. The van der Waals surface area contributed by atoms with Crippen LogP contribution >= 0.6 is 0 Å². The first kappa shape index (κ1) is 16.5. The Balaban J connectivity index is 0.000000581. The zero-order valence-corrected chi connectivity index (χ0v) is 12.5. The number of hydrogen-bond acceptors (Lipinski definition) is 2. The second kappa shape index (κ2) is 8.54. The fourth-order valence-electron chi connectivity index (χ4n) is 3.22. The van der Waals surface area contributed by atoms with Gasteiger partial charge in [-0.15, -0.1) is 0 Å². The lowest BCUT2D eigenvalue weighted by molar-refractivity contribution is -0.148. The average molecular weight is 242 g/mol. The minimum atomic E-state index is -0.129. The van der Waals surface area contributed by atoms with E-state index in [2.05, 4.69) is 0 Å². The van der Waals surface area contributed by atoms with E-state index in [1.54, 1.807) is 0 Å². The van der Waals surface area contributed by atoms with Gasteiger partial charge in [0.2, 0.25) is 0 Å². The van der Waals surface area contributed by atoms with Gasteiger partial charge in [-0.1, -0.05) is 34.1 Å². The van der Waals surface area contributed by atoms with Gasteiger partial charge in [0.15, 0.2) is 0 Å². The lowest BCUT2D eigenvalue weighted by atomic mass is 9.85. The molecule has 0 aliphatic heterocycles. The summed E-state index contributed by atoms with van der Waals surface area (Å²) in [6.45, 7) is 11.6. The van der Waals surface area contributed by atoms with E-state index in [0.29, 0.717) is 5.92 Å². The van der Waals surface area contributed by atoms with E-state index in [1.807, 2.05) is 34.6 Å². The zero-order valence-electron chi connectivity index (χ0n) is 12.5. The Morgan fingerprint density at radius 1 is 1.12 bits per heavy atom. The Hall–Kier alpha value is -0.530. The van der Waals surface area contributed by atoms with Crippen LogP contribution in [0.3, 0.4) is 0 Å². The summed E-state index contributed by atoms with van der Waals surface area (Å²) in [5, 5.41) is 0. The molecule has 2 aliphatic carbocycles. The normalized spacial score (nSPS) is 30.6. The fraction of sp³-hybridized carbons (Fsp3) is 0.933. The van der Waals surface area contributed by atoms with Crippen LogP contribution in [0.5, 0.6) is 0 Å². The van der Waals surface area contributed by atoms with Crippen LogP contribution in [0.1, 0.15) is 67.2 Å². The van der Waals surface area contributed by atoms with Crippen LogP contribution in [0.4, 0.5) is 0 Å². The van der Waals surface area contributed by atoms with Crippen LogP contribution in [0.2, 0.25) is 0 Å². The molecular weight excluding hydrogens is 212 g/mol. The zero-order chi connectivity index (χ0) is 13.4. The minimum Gasteiger partial charge on any atom is -0.463 e. The average Bonchev–Trinajstić information content (AvgIpc) is 2.95. The van der Waals surface area contributed by atoms with Crippen molar-refractivity contribution < 1.29 is 9.53 Å². The highest BCUT2D eigenvalue weighted by molar-refractivity contribution is 5.66. The lowest BCUT2D eigenvalue weighted by Crippen LogP contribution is -2.27. The molecule has 2 heteroatoms. The lowest BCUT2D eigenvalue weighted by Gasteiger charge is -2.27. The van der Waals surface area contributed by atoms with Crippen molar-refractivity contribution in [2.75, 3.05) is 0 Å². The van der Waals surface area contributed by atoms with Crippen molar-refractivity contribution in [2.45, 2.75) is 73.3 Å². The quantitative estimate of drug-likeness (QED) is 0.670. The highest BCUT2D eigenvalue weighted by atomic mass is 16.5. The Bertz CT molecular complexity index is 213. The standard InChI is InChI=1S/C11H18O2.2C2H6/c1-7(13-8(2)12)11-6-9-3-4-10(11)5-9;2*1-2/h7,9-11H,3-6H2,1-2H3;2*1-2H3. The maximum absolute atomic E-state index is 10.8. The summed E-state index contributed by atoms with van der Waals surface area (Å²) < 4.78 is 5.25. The molecule has 2 rings (SSSR count). The fourth-order valence-corrected chi connectivity index (χ4v) is 3.22. The van der Waals surface area contributed by atoms with Gasteiger partial charge in [0.25, 0.3) is 0 Å². The van der Waals surface area contributed by atoms with Crippen molar-refractivity contribution in [3.05, 3.63) is 0 Å². The molecule has 0 heterocycles. The Morgan fingerprint density at radius 3 is 2.06 bits per heavy atom. The van der Waals surface area contributed by atoms with Crippen LogP contribution in [0, 0.1) is 17.8 Å². The van der Waals surface area contributed by atoms with Crippen LogP contribution in [0.25, 0.3) is 0 Å². The molecule has 0 spiro atoms. The summed E-state index contributed by atoms with van der Waals surface area (Å²) >= 11 is 0. The van der Waals surface area contributed by atoms with Gasteiger partial charge in [0.05, 0.1) is 0 Å². The molecule has 2 bridgehead atoms. The van der Waals surface area contributed by atoms with E-state index in [-0.39, 0.29) is 12.1 Å². The molecule has 0 aromatic carbocycles. The molecule has 2 saturated carbocycles. The monoisotopic (exact) mass is 242 g/mol. The van der Waals surface area contributed by atoms with E-state index in [9.17, 15) is 4.79 Å². The first-order valence-electron chi connectivity index (χ1n) is 7.34. The second-order valence-electron chi connectivity index (χ2n) is 4.65. The van der Waals surface area contributed by atoms with Gasteiger partial charge in [-0.2, -0.15) is 0 Å². The number of carbonyl (C=O) groups is 1. The molecule has 0 radical (unpaired) electrons. The Labute approximate surface area is 107 Å². The third kappa shape index (κ3) is 4.69. The third-order valence-electron chi connectivity index (χ3n) is 3.75. The molecule has 2 fully saturated rings. The first-order chi connectivity index (χ1) is 8.16. The Morgan fingerprint density at radius 2 is 1.71 bits per heavy atom. The summed E-state index contributed by atoms with van der Waals surface area (Å²) in [5.41, 5.74) is 0. The second-order valence-corrected chi connectivity index (χ2v) is 4.65. The van der Waals surface area contributed by atoms with Crippen LogP contribution in [0.15, 0.2) is 0 Å². The molecular formula is C15H30O2. The van der Waals surface area contributed by atoms with Gasteiger partial charge in [-0.05, 0) is 43.9 Å². The predicted molar refractivity (Wildman–Crippen MR) is 72.9 cm³/mol. The van der Waals surface area contributed by atoms with Crippen molar-refractivity contribution in [3.8, 4) is 0 Å². The third-order valence-corrected chi connectivity index (χ3v) is 3.75.